The number of ether oxygens (including phenoxy) is 2. The molecule has 0 unspecified atom stereocenters. The number of esters is 2. The number of rotatable bonds is 6. The van der Waals surface area contributed by atoms with Gasteiger partial charge in [-0.05, 0) is 25.3 Å². The highest BCUT2D eigenvalue weighted by Crippen LogP contribution is 2.28. The summed E-state index contributed by atoms with van der Waals surface area (Å²) in [6.07, 6.45) is 0.518. The van der Waals surface area contributed by atoms with Crippen LogP contribution in [0.4, 0.5) is 0 Å². The summed E-state index contributed by atoms with van der Waals surface area (Å²) >= 11 is 0. The van der Waals surface area contributed by atoms with Gasteiger partial charge >= 0.3 is 11.9 Å². The Kier molecular flexibility index (Phi) is 5.31. The summed E-state index contributed by atoms with van der Waals surface area (Å²) < 4.78 is 38.8. The zero-order valence-corrected chi connectivity index (χ0v) is 15.2. The number of carbonyl (C=O) groups excluding carboxylic acids is 2. The summed E-state index contributed by atoms with van der Waals surface area (Å²) in [6.45, 7) is 1.75. The Labute approximate surface area is 151 Å². The second-order valence-electron chi connectivity index (χ2n) is 6.26. The number of sulfone groups is 1. The molecule has 0 N–H and O–H groups in total. The third kappa shape index (κ3) is 4.07. The van der Waals surface area contributed by atoms with Crippen LogP contribution < -0.4 is 0 Å². The van der Waals surface area contributed by atoms with Gasteiger partial charge in [0.2, 0.25) is 5.76 Å². The topological polar surface area (TPSA) is 99.9 Å². The minimum atomic E-state index is -3.04. The van der Waals surface area contributed by atoms with E-state index in [0.717, 1.165) is 0 Å². The molecule has 2 aromatic rings. The van der Waals surface area contributed by atoms with Crippen molar-refractivity contribution >= 4 is 32.7 Å². The standard InChI is InChI=1S/C18H20O7S/c1-2-23-18(20)17-14(13-5-3-4-6-15(13)25-17)10-24-16(19)9-12-7-8-26(21,22)11-12/h3-6,12H,2,7-11H2,1H3/t12-/m1/s1. The molecule has 2 heterocycles. The fourth-order valence-corrected chi connectivity index (χ4v) is 4.95. The summed E-state index contributed by atoms with van der Waals surface area (Å²) in [5.41, 5.74) is 0.954. The molecule has 0 aliphatic carbocycles. The van der Waals surface area contributed by atoms with Crippen LogP contribution in [0.3, 0.4) is 0 Å². The third-order valence-electron chi connectivity index (χ3n) is 4.32. The Morgan fingerprint density at radius 2 is 2.00 bits per heavy atom. The van der Waals surface area contributed by atoms with E-state index in [4.69, 9.17) is 13.9 Å². The van der Waals surface area contributed by atoms with Crippen LogP contribution in [-0.2, 0) is 30.7 Å². The first-order chi connectivity index (χ1) is 12.4. The van der Waals surface area contributed by atoms with Crippen molar-refractivity contribution in [1.29, 1.82) is 0 Å². The second-order valence-corrected chi connectivity index (χ2v) is 8.49. The molecule has 1 aliphatic rings. The lowest BCUT2D eigenvalue weighted by molar-refractivity contribution is -0.145. The maximum atomic E-state index is 12.1. The fourth-order valence-electron chi connectivity index (χ4n) is 3.08. The molecule has 1 atom stereocenters. The summed E-state index contributed by atoms with van der Waals surface area (Å²) in [4.78, 5) is 24.2. The molecule has 1 aliphatic heterocycles. The van der Waals surface area contributed by atoms with E-state index in [-0.39, 0.29) is 42.8 Å². The Bertz CT molecular complexity index is 926. The first kappa shape index (κ1) is 18.4. The van der Waals surface area contributed by atoms with Crippen molar-refractivity contribution in [3.63, 3.8) is 0 Å². The molecule has 0 radical (unpaired) electrons. The fraction of sp³-hybridized carbons (Fsp3) is 0.444. The zero-order chi connectivity index (χ0) is 18.7. The highest BCUT2D eigenvalue weighted by molar-refractivity contribution is 7.91. The van der Waals surface area contributed by atoms with Gasteiger partial charge in [-0.25, -0.2) is 13.2 Å². The van der Waals surface area contributed by atoms with Crippen LogP contribution in [0.2, 0.25) is 0 Å². The van der Waals surface area contributed by atoms with Crippen molar-refractivity contribution in [2.24, 2.45) is 5.92 Å². The maximum Gasteiger partial charge on any atom is 0.374 e. The maximum absolute atomic E-state index is 12.1. The molecule has 1 saturated heterocycles. The van der Waals surface area contributed by atoms with Gasteiger partial charge in [-0.15, -0.1) is 0 Å². The molecule has 3 rings (SSSR count). The summed E-state index contributed by atoms with van der Waals surface area (Å²) in [6, 6.07) is 7.06. The number of hydrogen-bond acceptors (Lipinski definition) is 7. The van der Waals surface area contributed by atoms with Gasteiger partial charge in [0.25, 0.3) is 0 Å². The van der Waals surface area contributed by atoms with E-state index < -0.39 is 21.8 Å². The van der Waals surface area contributed by atoms with Crippen LogP contribution in [0.1, 0.15) is 35.9 Å². The summed E-state index contributed by atoms with van der Waals surface area (Å²) in [7, 11) is -3.04. The minimum absolute atomic E-state index is 0.0179. The second kappa shape index (κ2) is 7.49. The number of benzene rings is 1. The van der Waals surface area contributed by atoms with Gasteiger partial charge < -0.3 is 13.9 Å². The predicted octanol–water partition coefficient (Wildman–Crippen LogP) is 2.48. The summed E-state index contributed by atoms with van der Waals surface area (Å²) in [5, 5.41) is 0.673. The number of furan rings is 1. The Morgan fingerprint density at radius 3 is 2.69 bits per heavy atom. The van der Waals surface area contributed by atoms with Gasteiger partial charge in [0, 0.05) is 11.8 Å². The molecule has 1 aromatic carbocycles. The molecule has 0 saturated carbocycles. The van der Waals surface area contributed by atoms with Crippen LogP contribution >= 0.6 is 0 Å². The lowest BCUT2D eigenvalue weighted by Crippen LogP contribution is -2.14. The van der Waals surface area contributed by atoms with Crippen molar-refractivity contribution in [2.45, 2.75) is 26.4 Å². The van der Waals surface area contributed by atoms with Crippen LogP contribution in [0.15, 0.2) is 28.7 Å². The van der Waals surface area contributed by atoms with E-state index in [1.807, 2.05) is 0 Å². The van der Waals surface area contributed by atoms with Gasteiger partial charge in [0.1, 0.15) is 12.2 Å². The van der Waals surface area contributed by atoms with Crippen molar-refractivity contribution < 1.29 is 31.9 Å². The monoisotopic (exact) mass is 380 g/mol. The van der Waals surface area contributed by atoms with E-state index in [1.54, 1.807) is 31.2 Å². The van der Waals surface area contributed by atoms with Crippen molar-refractivity contribution in [2.75, 3.05) is 18.1 Å². The quantitative estimate of drug-likeness (QED) is 0.710. The molecular formula is C18H20O7S. The number of fused-ring (bicyclic) bond motifs is 1. The largest absolute Gasteiger partial charge is 0.461 e. The molecule has 140 valence electrons. The van der Waals surface area contributed by atoms with E-state index >= 15 is 0 Å². The average Bonchev–Trinajstić information content (AvgIpc) is 3.13. The molecule has 0 bridgehead atoms. The van der Waals surface area contributed by atoms with Crippen molar-refractivity contribution in [1.82, 2.24) is 0 Å². The highest BCUT2D eigenvalue weighted by Gasteiger charge is 2.30. The molecule has 0 spiro atoms. The SMILES string of the molecule is CCOC(=O)c1oc2ccccc2c1COC(=O)C[C@H]1CCS(=O)(=O)C1. The smallest absolute Gasteiger partial charge is 0.374 e. The van der Waals surface area contributed by atoms with E-state index in [0.29, 0.717) is 23.0 Å². The van der Waals surface area contributed by atoms with E-state index in [2.05, 4.69) is 0 Å². The Morgan fingerprint density at radius 1 is 1.23 bits per heavy atom. The Balaban J connectivity index is 1.72. The van der Waals surface area contributed by atoms with Gasteiger partial charge in [0.05, 0.1) is 23.7 Å². The predicted molar refractivity (Wildman–Crippen MR) is 93.3 cm³/mol. The molecular weight excluding hydrogens is 360 g/mol. The number of hydrogen-bond donors (Lipinski definition) is 0. The zero-order valence-electron chi connectivity index (χ0n) is 14.4. The molecule has 0 amide bonds. The molecule has 7 nitrogen and oxygen atoms in total. The minimum Gasteiger partial charge on any atom is -0.461 e. The van der Waals surface area contributed by atoms with Crippen molar-refractivity contribution in [3.05, 3.63) is 35.6 Å². The van der Waals surface area contributed by atoms with E-state index in [1.165, 1.54) is 0 Å². The molecule has 1 aromatic heterocycles. The number of carbonyl (C=O) groups is 2. The van der Waals surface area contributed by atoms with Gasteiger partial charge in [0.15, 0.2) is 9.84 Å². The van der Waals surface area contributed by atoms with Gasteiger partial charge in [-0.3, -0.25) is 4.79 Å². The lowest BCUT2D eigenvalue weighted by Gasteiger charge is -2.08. The average molecular weight is 380 g/mol. The third-order valence-corrected chi connectivity index (χ3v) is 6.16. The number of para-hydroxylation sites is 1. The normalized spacial score (nSPS) is 18.7. The van der Waals surface area contributed by atoms with Crippen LogP contribution in [0, 0.1) is 5.92 Å². The Hall–Kier alpha value is -2.35. The van der Waals surface area contributed by atoms with E-state index in [9.17, 15) is 18.0 Å². The molecule has 1 fully saturated rings. The lowest BCUT2D eigenvalue weighted by atomic mass is 10.1. The van der Waals surface area contributed by atoms with Crippen molar-refractivity contribution in [3.8, 4) is 0 Å². The van der Waals surface area contributed by atoms with Gasteiger partial charge in [-0.2, -0.15) is 0 Å². The molecule has 8 heteroatoms. The highest BCUT2D eigenvalue weighted by atomic mass is 32.2. The first-order valence-electron chi connectivity index (χ1n) is 8.43. The van der Waals surface area contributed by atoms with Gasteiger partial charge in [-0.1, -0.05) is 18.2 Å². The van der Waals surface area contributed by atoms with Crippen LogP contribution in [0.5, 0.6) is 0 Å². The van der Waals surface area contributed by atoms with Crippen LogP contribution in [0.25, 0.3) is 11.0 Å². The van der Waals surface area contributed by atoms with Crippen LogP contribution in [-0.4, -0.2) is 38.5 Å². The molecule has 26 heavy (non-hydrogen) atoms. The summed E-state index contributed by atoms with van der Waals surface area (Å²) in [5.74, 6) is -1.17. The first-order valence-corrected chi connectivity index (χ1v) is 10.3.